The minimum Gasteiger partial charge on any atom is -0.461 e. The van der Waals surface area contributed by atoms with Crippen molar-refractivity contribution < 1.29 is 4.74 Å². The van der Waals surface area contributed by atoms with Crippen LogP contribution < -0.4 is 5.32 Å². The van der Waals surface area contributed by atoms with E-state index in [1.807, 2.05) is 18.2 Å². The van der Waals surface area contributed by atoms with Crippen molar-refractivity contribution in [3.63, 3.8) is 0 Å². The predicted molar refractivity (Wildman–Crippen MR) is 137 cm³/mol. The van der Waals surface area contributed by atoms with Gasteiger partial charge in [0.05, 0.1) is 12.6 Å². The zero-order valence-corrected chi connectivity index (χ0v) is 21.5. The molecule has 0 fully saturated rings. The van der Waals surface area contributed by atoms with Gasteiger partial charge < -0.3 is 10.1 Å². The highest BCUT2D eigenvalue weighted by molar-refractivity contribution is 5.60. The lowest BCUT2D eigenvalue weighted by Crippen LogP contribution is -2.50. The summed E-state index contributed by atoms with van der Waals surface area (Å²) in [5.74, 6) is 1.39. The third-order valence-electron chi connectivity index (χ3n) is 6.83. The smallest absolute Gasteiger partial charge is 0.269 e. The van der Waals surface area contributed by atoms with Crippen LogP contribution >= 0.6 is 0 Å². The number of ether oxygens (including phenoxy) is 1. The molecular weight excluding hydrogens is 418 g/mol. The molecular formula is C30H35N3O. The Kier molecular flexibility index (Phi) is 5.87. The van der Waals surface area contributed by atoms with E-state index in [9.17, 15) is 5.26 Å². The lowest BCUT2D eigenvalue weighted by atomic mass is 9.67. The molecule has 0 saturated heterocycles. The topological polar surface area (TPSA) is 49.4 Å². The molecule has 0 amide bonds. The molecule has 2 aliphatic heterocycles. The van der Waals surface area contributed by atoms with Gasteiger partial charge in [0.15, 0.2) is 0 Å². The Morgan fingerprint density at radius 3 is 2.44 bits per heavy atom. The van der Waals surface area contributed by atoms with Gasteiger partial charge in [0, 0.05) is 17.0 Å². The van der Waals surface area contributed by atoms with Crippen molar-refractivity contribution in [1.82, 2.24) is 5.32 Å². The van der Waals surface area contributed by atoms with E-state index >= 15 is 0 Å². The van der Waals surface area contributed by atoms with Crippen molar-refractivity contribution in [2.24, 2.45) is 10.8 Å². The fraction of sp³-hybridized carbons (Fsp3) is 0.467. The summed E-state index contributed by atoms with van der Waals surface area (Å²) in [7, 11) is 0. The third kappa shape index (κ3) is 4.89. The summed E-state index contributed by atoms with van der Waals surface area (Å²) in [5, 5.41) is 13.3. The fourth-order valence-corrected chi connectivity index (χ4v) is 5.45. The van der Waals surface area contributed by atoms with E-state index in [4.69, 9.17) is 11.3 Å². The molecule has 4 rings (SSSR count). The molecule has 4 heteroatoms. The lowest BCUT2D eigenvalue weighted by Gasteiger charge is -2.46. The van der Waals surface area contributed by atoms with Gasteiger partial charge in [-0.3, -0.25) is 0 Å². The zero-order valence-electron chi connectivity index (χ0n) is 21.5. The molecule has 2 heterocycles. The van der Waals surface area contributed by atoms with Crippen LogP contribution in [0, 0.1) is 28.7 Å². The van der Waals surface area contributed by atoms with Gasteiger partial charge in [-0.15, -0.1) is 0 Å². The molecule has 1 aromatic rings. The van der Waals surface area contributed by atoms with Crippen LogP contribution in [-0.2, 0) is 17.6 Å². The number of benzene rings is 1. The molecule has 0 saturated carbocycles. The second kappa shape index (κ2) is 8.30. The van der Waals surface area contributed by atoms with Gasteiger partial charge in [-0.25, -0.2) is 10.1 Å². The number of nitrogens with zero attached hydrogens (tertiary/aromatic N) is 2. The molecule has 4 nitrogen and oxygen atoms in total. The van der Waals surface area contributed by atoms with E-state index < -0.39 is 0 Å². The maximum Gasteiger partial charge on any atom is 0.269 e. The van der Waals surface area contributed by atoms with E-state index in [-0.39, 0.29) is 22.1 Å². The summed E-state index contributed by atoms with van der Waals surface area (Å²) >= 11 is 0. The summed E-state index contributed by atoms with van der Waals surface area (Å²) in [6, 6.07) is 7.07. The first-order valence-corrected chi connectivity index (χ1v) is 12.1. The minimum atomic E-state index is -0.240. The van der Waals surface area contributed by atoms with Crippen molar-refractivity contribution in [3.8, 4) is 6.07 Å². The monoisotopic (exact) mass is 453 g/mol. The molecule has 1 aliphatic carbocycles. The average Bonchev–Trinajstić information content (AvgIpc) is 2.70. The van der Waals surface area contributed by atoms with E-state index in [1.165, 1.54) is 16.7 Å². The van der Waals surface area contributed by atoms with Crippen molar-refractivity contribution >= 4 is 6.08 Å². The average molecular weight is 454 g/mol. The van der Waals surface area contributed by atoms with Crippen molar-refractivity contribution in [3.05, 3.63) is 86.8 Å². The standard InChI is InChI=1S/C30H35N3O/c1-28(2,3)26-14-20(25(18-31)32-8)13-23(34-26)10-9-19-11-21-15-29(4,5)17-24-27(21)22(12-19)16-30(6,7)33-24/h9-14,24,33H,15-17H2,1-7H3/b10-9+,25-20-. The van der Waals surface area contributed by atoms with Crippen molar-refractivity contribution in [2.45, 2.75) is 79.3 Å². The molecule has 0 spiro atoms. The van der Waals surface area contributed by atoms with Gasteiger partial charge in [0.1, 0.15) is 11.5 Å². The van der Waals surface area contributed by atoms with Crippen LogP contribution in [0.3, 0.4) is 0 Å². The SMILES string of the molecule is [C-]#[N+]/C(C#N)=C1C=C(/C=C/c2cc3c4c(c2)CC(C)(C)NC4CC(C)(C)C3)OC(C(C)(C)C)=C/1. The van der Waals surface area contributed by atoms with Gasteiger partial charge in [-0.1, -0.05) is 52.8 Å². The number of nitriles is 1. The van der Waals surface area contributed by atoms with Crippen LogP contribution in [0.1, 0.15) is 83.2 Å². The highest BCUT2D eigenvalue weighted by Crippen LogP contribution is 2.46. The molecule has 0 aromatic heterocycles. The van der Waals surface area contributed by atoms with Gasteiger partial charge in [0.2, 0.25) is 0 Å². The Morgan fingerprint density at radius 1 is 1.15 bits per heavy atom. The summed E-state index contributed by atoms with van der Waals surface area (Å²) in [6.07, 6.45) is 10.9. The number of nitrogens with one attached hydrogen (secondary N) is 1. The third-order valence-corrected chi connectivity index (χ3v) is 6.83. The predicted octanol–water partition coefficient (Wildman–Crippen LogP) is 7.18. The largest absolute Gasteiger partial charge is 0.461 e. The normalized spacial score (nSPS) is 24.2. The van der Waals surface area contributed by atoms with E-state index in [1.54, 1.807) is 6.08 Å². The number of hydrogen-bond donors (Lipinski definition) is 1. The highest BCUT2D eigenvalue weighted by atomic mass is 16.5. The molecule has 3 aliphatic rings. The Bertz CT molecular complexity index is 1180. The van der Waals surface area contributed by atoms with E-state index in [0.29, 0.717) is 17.4 Å². The van der Waals surface area contributed by atoms with Gasteiger partial charge in [-0.2, -0.15) is 0 Å². The van der Waals surface area contributed by atoms with E-state index in [0.717, 1.165) is 30.6 Å². The van der Waals surface area contributed by atoms with Gasteiger partial charge in [-0.05, 0) is 84.6 Å². The summed E-state index contributed by atoms with van der Waals surface area (Å²) in [4.78, 5) is 3.40. The Morgan fingerprint density at radius 2 is 1.82 bits per heavy atom. The zero-order chi connectivity index (χ0) is 24.9. The molecule has 34 heavy (non-hydrogen) atoms. The first kappa shape index (κ1) is 24.1. The van der Waals surface area contributed by atoms with Crippen LogP contribution in [0.25, 0.3) is 10.9 Å². The van der Waals surface area contributed by atoms with E-state index in [2.05, 4.69) is 76.8 Å². The van der Waals surface area contributed by atoms with Crippen LogP contribution in [0.2, 0.25) is 0 Å². The van der Waals surface area contributed by atoms with Gasteiger partial charge in [0.25, 0.3) is 5.70 Å². The van der Waals surface area contributed by atoms with Crippen molar-refractivity contribution in [1.29, 1.82) is 5.26 Å². The molecule has 1 N–H and O–H groups in total. The number of hydrogen-bond acceptors (Lipinski definition) is 3. The Hall–Kier alpha value is -3.08. The number of rotatable bonds is 2. The molecule has 1 aromatic carbocycles. The molecule has 1 atom stereocenters. The van der Waals surface area contributed by atoms with Gasteiger partial charge >= 0.3 is 0 Å². The molecule has 0 bridgehead atoms. The second-order valence-corrected chi connectivity index (χ2v) is 12.3. The summed E-state index contributed by atoms with van der Waals surface area (Å²) in [5.41, 5.74) is 6.31. The summed E-state index contributed by atoms with van der Waals surface area (Å²) < 4.78 is 6.18. The van der Waals surface area contributed by atoms with Crippen LogP contribution in [-0.4, -0.2) is 5.54 Å². The quantitative estimate of drug-likeness (QED) is 0.381. The first-order chi connectivity index (χ1) is 15.8. The highest BCUT2D eigenvalue weighted by Gasteiger charge is 2.40. The lowest BCUT2D eigenvalue weighted by molar-refractivity contribution is 0.205. The minimum absolute atomic E-state index is 0.0687. The fourth-order valence-electron chi connectivity index (χ4n) is 5.45. The Balaban J connectivity index is 1.73. The van der Waals surface area contributed by atoms with Crippen LogP contribution in [0.15, 0.2) is 53.1 Å². The molecule has 176 valence electrons. The maximum absolute atomic E-state index is 9.40. The van der Waals surface area contributed by atoms with Crippen LogP contribution in [0.4, 0.5) is 0 Å². The Labute approximate surface area is 204 Å². The molecule has 1 unspecified atom stereocenters. The van der Waals surface area contributed by atoms with Crippen LogP contribution in [0.5, 0.6) is 0 Å². The second-order valence-electron chi connectivity index (χ2n) is 12.3. The first-order valence-electron chi connectivity index (χ1n) is 12.1. The summed E-state index contributed by atoms with van der Waals surface area (Å²) in [6.45, 7) is 22.9. The number of allylic oxidation sites excluding steroid dienone is 6. The van der Waals surface area contributed by atoms with Crippen molar-refractivity contribution in [2.75, 3.05) is 0 Å². The molecule has 0 radical (unpaired) electrons. The maximum atomic E-state index is 9.40.